The van der Waals surface area contributed by atoms with Crippen molar-refractivity contribution in [1.82, 2.24) is 10.2 Å². The van der Waals surface area contributed by atoms with Gasteiger partial charge in [-0.05, 0) is 25.3 Å². The average Bonchev–Trinajstić information content (AvgIpc) is 3.03. The first-order chi connectivity index (χ1) is 11.5. The molecule has 2 rings (SSSR count). The standard InChI is InChI=1S/C17H22F2N2O3/c1-2-6-15(22)21-10-5-8-13(21)16(23)20-11-12-7-3-4-9-14(12)24-17(18)19/h3-4,7,9,13,17H,2,5-6,8,10-11H2,1H3,(H,20,23). The fourth-order valence-electron chi connectivity index (χ4n) is 2.86. The van der Waals surface area contributed by atoms with E-state index in [9.17, 15) is 18.4 Å². The number of carbonyl (C=O) groups is 2. The molecule has 1 N–H and O–H groups in total. The van der Waals surface area contributed by atoms with Crippen molar-refractivity contribution in [2.45, 2.75) is 51.8 Å². The molecule has 7 heteroatoms. The third-order valence-corrected chi connectivity index (χ3v) is 3.98. The molecule has 1 aliphatic rings. The van der Waals surface area contributed by atoms with E-state index in [-0.39, 0.29) is 24.1 Å². The van der Waals surface area contributed by atoms with Gasteiger partial charge in [-0.15, -0.1) is 0 Å². The zero-order chi connectivity index (χ0) is 17.5. The minimum absolute atomic E-state index is 0.0171. The number of halogens is 2. The number of hydrogen-bond donors (Lipinski definition) is 1. The van der Waals surface area contributed by atoms with Gasteiger partial charge >= 0.3 is 6.61 Å². The van der Waals surface area contributed by atoms with Gasteiger partial charge in [-0.25, -0.2) is 0 Å². The molecule has 1 saturated heterocycles. The summed E-state index contributed by atoms with van der Waals surface area (Å²) in [6.45, 7) is -0.335. The molecule has 1 aliphatic heterocycles. The summed E-state index contributed by atoms with van der Waals surface area (Å²) in [7, 11) is 0. The number of carbonyl (C=O) groups excluding carboxylic acids is 2. The minimum atomic E-state index is -2.92. The van der Waals surface area contributed by atoms with Crippen LogP contribution in [0.5, 0.6) is 5.75 Å². The fourth-order valence-corrected chi connectivity index (χ4v) is 2.86. The van der Waals surface area contributed by atoms with Crippen LogP contribution >= 0.6 is 0 Å². The number of nitrogens with zero attached hydrogens (tertiary/aromatic N) is 1. The number of benzene rings is 1. The molecular formula is C17H22F2N2O3. The van der Waals surface area contributed by atoms with Crippen molar-refractivity contribution in [3.8, 4) is 5.75 Å². The number of ether oxygens (including phenoxy) is 1. The maximum atomic E-state index is 12.4. The van der Waals surface area contributed by atoms with E-state index in [1.165, 1.54) is 6.07 Å². The van der Waals surface area contributed by atoms with Crippen molar-refractivity contribution in [2.24, 2.45) is 0 Å². The predicted octanol–water partition coefficient (Wildman–Crippen LogP) is 2.70. The van der Waals surface area contributed by atoms with Crippen molar-refractivity contribution < 1.29 is 23.1 Å². The smallest absolute Gasteiger partial charge is 0.387 e. The summed E-state index contributed by atoms with van der Waals surface area (Å²) in [5, 5.41) is 2.72. The Kier molecular flexibility index (Phi) is 6.52. The molecule has 1 unspecified atom stereocenters. The van der Waals surface area contributed by atoms with Gasteiger partial charge in [0.2, 0.25) is 11.8 Å². The number of likely N-dealkylation sites (tertiary alicyclic amines) is 1. The predicted molar refractivity (Wildman–Crippen MR) is 84.6 cm³/mol. The summed E-state index contributed by atoms with van der Waals surface area (Å²) in [4.78, 5) is 26.0. The maximum absolute atomic E-state index is 12.4. The summed E-state index contributed by atoms with van der Waals surface area (Å²) in [5.41, 5.74) is 0.468. The lowest BCUT2D eigenvalue weighted by Crippen LogP contribution is -2.45. The van der Waals surface area contributed by atoms with Crippen LogP contribution < -0.4 is 10.1 Å². The fraction of sp³-hybridized carbons (Fsp3) is 0.529. The topological polar surface area (TPSA) is 58.6 Å². The monoisotopic (exact) mass is 340 g/mol. The van der Waals surface area contributed by atoms with Gasteiger partial charge in [-0.3, -0.25) is 9.59 Å². The summed E-state index contributed by atoms with van der Waals surface area (Å²) >= 11 is 0. The Balaban J connectivity index is 1.97. The second kappa shape index (κ2) is 8.61. The number of hydrogen-bond acceptors (Lipinski definition) is 3. The molecule has 2 amide bonds. The normalized spacial score (nSPS) is 17.2. The van der Waals surface area contributed by atoms with E-state index in [1.54, 1.807) is 23.1 Å². The van der Waals surface area contributed by atoms with Crippen molar-refractivity contribution in [1.29, 1.82) is 0 Å². The zero-order valence-electron chi connectivity index (χ0n) is 13.6. The van der Waals surface area contributed by atoms with Gasteiger partial charge in [-0.1, -0.05) is 25.1 Å². The van der Waals surface area contributed by atoms with Gasteiger partial charge in [-0.2, -0.15) is 8.78 Å². The highest BCUT2D eigenvalue weighted by Gasteiger charge is 2.33. The van der Waals surface area contributed by atoms with Crippen molar-refractivity contribution in [3.05, 3.63) is 29.8 Å². The summed E-state index contributed by atoms with van der Waals surface area (Å²) in [6.07, 6.45) is 2.58. The molecule has 1 atom stereocenters. The SMILES string of the molecule is CCCC(=O)N1CCCC1C(=O)NCc1ccccc1OC(F)F. The van der Waals surface area contributed by atoms with Gasteiger partial charge in [0, 0.05) is 25.1 Å². The van der Waals surface area contributed by atoms with E-state index in [0.717, 1.165) is 12.8 Å². The Morgan fingerprint density at radius 2 is 2.12 bits per heavy atom. The molecule has 0 bridgehead atoms. The summed E-state index contributed by atoms with van der Waals surface area (Å²) < 4.78 is 29.3. The Hall–Kier alpha value is -2.18. The molecule has 1 aromatic rings. The molecule has 0 spiro atoms. The number of rotatable bonds is 7. The zero-order valence-corrected chi connectivity index (χ0v) is 13.6. The van der Waals surface area contributed by atoms with E-state index in [0.29, 0.717) is 24.9 Å². The highest BCUT2D eigenvalue weighted by molar-refractivity contribution is 5.88. The quantitative estimate of drug-likeness (QED) is 0.830. The second-order valence-corrected chi connectivity index (χ2v) is 5.70. The summed E-state index contributed by atoms with van der Waals surface area (Å²) in [5.74, 6) is -0.237. The third-order valence-electron chi connectivity index (χ3n) is 3.98. The first kappa shape index (κ1) is 18.2. The van der Waals surface area contributed by atoms with E-state index >= 15 is 0 Å². The van der Waals surface area contributed by atoms with Crippen LogP contribution in [0.15, 0.2) is 24.3 Å². The molecule has 1 aromatic carbocycles. The van der Waals surface area contributed by atoms with Crippen molar-refractivity contribution >= 4 is 11.8 Å². The molecule has 0 aromatic heterocycles. The molecule has 132 valence electrons. The van der Waals surface area contributed by atoms with Gasteiger partial charge in [0.25, 0.3) is 0 Å². The van der Waals surface area contributed by atoms with Crippen molar-refractivity contribution in [3.63, 3.8) is 0 Å². The van der Waals surface area contributed by atoms with Crippen LogP contribution in [0.2, 0.25) is 0 Å². The Morgan fingerprint density at radius 3 is 2.83 bits per heavy atom. The van der Waals surface area contributed by atoms with Crippen molar-refractivity contribution in [2.75, 3.05) is 6.54 Å². The highest BCUT2D eigenvalue weighted by atomic mass is 19.3. The van der Waals surface area contributed by atoms with E-state index in [4.69, 9.17) is 0 Å². The lowest BCUT2D eigenvalue weighted by molar-refractivity contribution is -0.138. The van der Waals surface area contributed by atoms with Crippen LogP contribution in [-0.2, 0) is 16.1 Å². The number of nitrogens with one attached hydrogen (secondary N) is 1. The largest absolute Gasteiger partial charge is 0.434 e. The maximum Gasteiger partial charge on any atom is 0.387 e. The molecule has 5 nitrogen and oxygen atoms in total. The highest BCUT2D eigenvalue weighted by Crippen LogP contribution is 2.22. The van der Waals surface area contributed by atoms with E-state index < -0.39 is 12.7 Å². The number of para-hydroxylation sites is 1. The van der Waals surface area contributed by atoms with Crippen LogP contribution in [-0.4, -0.2) is 35.9 Å². The van der Waals surface area contributed by atoms with Gasteiger partial charge < -0.3 is 15.0 Å². The van der Waals surface area contributed by atoms with Crippen LogP contribution in [0.25, 0.3) is 0 Å². The van der Waals surface area contributed by atoms with E-state index in [2.05, 4.69) is 10.1 Å². The molecular weight excluding hydrogens is 318 g/mol. The lowest BCUT2D eigenvalue weighted by Gasteiger charge is -2.24. The Bertz CT molecular complexity index is 581. The van der Waals surface area contributed by atoms with Crippen LogP contribution in [0.4, 0.5) is 8.78 Å². The van der Waals surface area contributed by atoms with Crippen LogP contribution in [0, 0.1) is 0 Å². The molecule has 0 aliphatic carbocycles. The van der Waals surface area contributed by atoms with Crippen LogP contribution in [0.3, 0.4) is 0 Å². The Labute approximate surface area is 140 Å². The first-order valence-electron chi connectivity index (χ1n) is 8.12. The summed E-state index contributed by atoms with van der Waals surface area (Å²) in [6, 6.07) is 5.84. The van der Waals surface area contributed by atoms with Crippen LogP contribution in [0.1, 0.15) is 38.2 Å². The number of alkyl halides is 2. The minimum Gasteiger partial charge on any atom is -0.434 e. The molecule has 24 heavy (non-hydrogen) atoms. The van der Waals surface area contributed by atoms with E-state index in [1.807, 2.05) is 6.92 Å². The molecule has 0 radical (unpaired) electrons. The Morgan fingerprint density at radius 1 is 1.38 bits per heavy atom. The number of amides is 2. The van der Waals surface area contributed by atoms with Gasteiger partial charge in [0.15, 0.2) is 0 Å². The second-order valence-electron chi connectivity index (χ2n) is 5.70. The molecule has 0 saturated carbocycles. The molecule has 1 heterocycles. The lowest BCUT2D eigenvalue weighted by atomic mass is 10.1. The average molecular weight is 340 g/mol. The van der Waals surface area contributed by atoms with Gasteiger partial charge in [0.1, 0.15) is 11.8 Å². The molecule has 1 fully saturated rings. The van der Waals surface area contributed by atoms with Gasteiger partial charge in [0.05, 0.1) is 0 Å². The third kappa shape index (κ3) is 4.66. The first-order valence-corrected chi connectivity index (χ1v) is 8.12.